The summed E-state index contributed by atoms with van der Waals surface area (Å²) in [6.45, 7) is 8.53. The molecule has 0 spiro atoms. The van der Waals surface area contributed by atoms with Crippen LogP contribution in [0.15, 0.2) is 4.99 Å². The highest BCUT2D eigenvalue weighted by molar-refractivity contribution is 14.0. The molecule has 3 N–H and O–H groups in total. The maximum absolute atomic E-state index is 11.5. The summed E-state index contributed by atoms with van der Waals surface area (Å²) < 4.78 is 0. The summed E-state index contributed by atoms with van der Waals surface area (Å²) in [6, 6.07) is 1.95. The van der Waals surface area contributed by atoms with Crippen molar-refractivity contribution in [1.29, 1.82) is 0 Å². The van der Waals surface area contributed by atoms with Gasteiger partial charge in [-0.05, 0) is 26.2 Å². The molecule has 0 aromatic carbocycles. The van der Waals surface area contributed by atoms with Gasteiger partial charge < -0.3 is 16.0 Å². The van der Waals surface area contributed by atoms with Crippen LogP contribution >= 0.6 is 24.0 Å². The zero-order valence-electron chi connectivity index (χ0n) is 14.8. The molecule has 0 aromatic rings. The van der Waals surface area contributed by atoms with E-state index in [0.29, 0.717) is 25.2 Å². The molecule has 1 amide bonds. The number of carbonyl (C=O) groups excluding carboxylic acids is 1. The van der Waals surface area contributed by atoms with Crippen molar-refractivity contribution in [2.45, 2.75) is 58.2 Å². The minimum absolute atomic E-state index is 0. The van der Waals surface area contributed by atoms with Gasteiger partial charge in [-0.2, -0.15) is 0 Å². The second-order valence-electron chi connectivity index (χ2n) is 6.80. The van der Waals surface area contributed by atoms with Crippen molar-refractivity contribution < 1.29 is 4.79 Å². The van der Waals surface area contributed by atoms with Gasteiger partial charge in [0.1, 0.15) is 0 Å². The molecule has 0 bridgehead atoms. The van der Waals surface area contributed by atoms with E-state index in [9.17, 15) is 4.79 Å². The Kier molecular flexibility index (Phi) is 8.60. The zero-order valence-corrected chi connectivity index (χ0v) is 17.1. The largest absolute Gasteiger partial charge is 0.355 e. The van der Waals surface area contributed by atoms with E-state index in [2.05, 4.69) is 32.8 Å². The molecule has 0 radical (unpaired) electrons. The molecule has 2 atom stereocenters. The first-order chi connectivity index (χ1) is 10.5. The lowest BCUT2D eigenvalue weighted by atomic mass is 10.2. The van der Waals surface area contributed by atoms with Crippen molar-refractivity contribution in [2.75, 3.05) is 26.7 Å². The summed E-state index contributed by atoms with van der Waals surface area (Å²) >= 11 is 0. The van der Waals surface area contributed by atoms with Crippen LogP contribution in [-0.2, 0) is 4.79 Å². The molecule has 134 valence electrons. The molecule has 2 rings (SSSR count). The summed E-state index contributed by atoms with van der Waals surface area (Å²) in [4.78, 5) is 18.4. The van der Waals surface area contributed by atoms with Gasteiger partial charge in [0.25, 0.3) is 0 Å². The average molecular weight is 437 g/mol. The predicted molar refractivity (Wildman–Crippen MR) is 105 cm³/mol. The van der Waals surface area contributed by atoms with Crippen molar-refractivity contribution in [1.82, 2.24) is 20.9 Å². The van der Waals surface area contributed by atoms with Crippen molar-refractivity contribution in [2.24, 2.45) is 10.9 Å². The molecular weight excluding hydrogens is 405 g/mol. The lowest BCUT2D eigenvalue weighted by Gasteiger charge is -2.20. The van der Waals surface area contributed by atoms with Crippen LogP contribution < -0.4 is 16.0 Å². The van der Waals surface area contributed by atoms with E-state index in [1.807, 2.05) is 13.8 Å². The van der Waals surface area contributed by atoms with Crippen molar-refractivity contribution in [3.05, 3.63) is 0 Å². The Labute approximate surface area is 157 Å². The number of nitrogens with zero attached hydrogens (tertiary/aromatic N) is 2. The number of carbonyl (C=O) groups is 1. The van der Waals surface area contributed by atoms with E-state index in [-0.39, 0.29) is 35.8 Å². The maximum Gasteiger partial charge on any atom is 0.222 e. The molecule has 2 aliphatic rings. The SMILES string of the molecule is CN=C(NCCNC(=O)C(C)C)NC1CC(C)N(C2CC2)C1.I. The van der Waals surface area contributed by atoms with Crippen molar-refractivity contribution >= 4 is 35.8 Å². The predicted octanol–water partition coefficient (Wildman–Crippen LogP) is 1.17. The Hall–Kier alpha value is -0.570. The van der Waals surface area contributed by atoms with E-state index < -0.39 is 0 Å². The van der Waals surface area contributed by atoms with Crippen LogP contribution in [0.5, 0.6) is 0 Å². The van der Waals surface area contributed by atoms with Gasteiger partial charge in [0.15, 0.2) is 5.96 Å². The number of hydrogen-bond acceptors (Lipinski definition) is 3. The van der Waals surface area contributed by atoms with Crippen molar-refractivity contribution in [3.8, 4) is 0 Å². The Balaban J connectivity index is 0.00000264. The molecule has 2 fully saturated rings. The molecule has 1 aliphatic carbocycles. The van der Waals surface area contributed by atoms with Gasteiger partial charge in [-0.25, -0.2) is 0 Å². The standard InChI is InChI=1S/C16H31N5O.HI/c1-11(2)15(22)18-7-8-19-16(17-4)20-13-9-12(3)21(10-13)14-5-6-14;/h11-14H,5-10H2,1-4H3,(H,18,22)(H2,17,19,20);1H. The monoisotopic (exact) mass is 437 g/mol. The molecule has 1 aliphatic heterocycles. The topological polar surface area (TPSA) is 68.8 Å². The van der Waals surface area contributed by atoms with E-state index in [4.69, 9.17) is 0 Å². The Morgan fingerprint density at radius 3 is 2.48 bits per heavy atom. The molecule has 7 heteroatoms. The fourth-order valence-corrected chi connectivity index (χ4v) is 3.03. The Morgan fingerprint density at radius 2 is 1.91 bits per heavy atom. The van der Waals surface area contributed by atoms with Gasteiger partial charge in [-0.15, -0.1) is 24.0 Å². The second-order valence-corrected chi connectivity index (χ2v) is 6.80. The first-order valence-corrected chi connectivity index (χ1v) is 8.52. The molecule has 1 saturated carbocycles. The maximum atomic E-state index is 11.5. The number of likely N-dealkylation sites (tertiary alicyclic amines) is 1. The third kappa shape index (κ3) is 6.45. The van der Waals surface area contributed by atoms with E-state index in [1.54, 1.807) is 7.05 Å². The van der Waals surface area contributed by atoms with Gasteiger partial charge in [-0.3, -0.25) is 14.7 Å². The number of amides is 1. The molecule has 1 saturated heterocycles. The van der Waals surface area contributed by atoms with E-state index >= 15 is 0 Å². The molecule has 2 unspecified atom stereocenters. The minimum Gasteiger partial charge on any atom is -0.355 e. The van der Waals surface area contributed by atoms with Crippen molar-refractivity contribution in [3.63, 3.8) is 0 Å². The Morgan fingerprint density at radius 1 is 1.26 bits per heavy atom. The average Bonchev–Trinajstić information content (AvgIpc) is 3.25. The van der Waals surface area contributed by atoms with Crippen LogP contribution in [0.1, 0.15) is 40.0 Å². The summed E-state index contributed by atoms with van der Waals surface area (Å²) in [5.41, 5.74) is 0. The smallest absolute Gasteiger partial charge is 0.222 e. The van der Waals surface area contributed by atoms with E-state index in [0.717, 1.165) is 18.5 Å². The lowest BCUT2D eigenvalue weighted by molar-refractivity contribution is -0.123. The van der Waals surface area contributed by atoms with Gasteiger partial charge in [0, 0.05) is 50.7 Å². The van der Waals surface area contributed by atoms with Gasteiger partial charge in [0.2, 0.25) is 5.91 Å². The quantitative estimate of drug-likeness (QED) is 0.253. The number of nitrogens with one attached hydrogen (secondary N) is 3. The number of hydrogen-bond donors (Lipinski definition) is 3. The number of rotatable bonds is 6. The summed E-state index contributed by atoms with van der Waals surface area (Å²) in [7, 11) is 1.79. The first kappa shape index (κ1) is 20.5. The number of aliphatic imine (C=N–C) groups is 1. The van der Waals surface area contributed by atoms with Crippen LogP contribution in [-0.4, -0.2) is 61.6 Å². The third-order valence-corrected chi connectivity index (χ3v) is 4.44. The fourth-order valence-electron chi connectivity index (χ4n) is 3.03. The van der Waals surface area contributed by atoms with Crippen LogP contribution in [0, 0.1) is 5.92 Å². The molecule has 0 aromatic heterocycles. The van der Waals surface area contributed by atoms with Crippen LogP contribution in [0.3, 0.4) is 0 Å². The normalized spacial score (nSPS) is 25.2. The summed E-state index contributed by atoms with van der Waals surface area (Å²) in [6.07, 6.45) is 3.89. The van der Waals surface area contributed by atoms with Crippen LogP contribution in [0.4, 0.5) is 0 Å². The van der Waals surface area contributed by atoms with Gasteiger partial charge >= 0.3 is 0 Å². The number of guanidine groups is 1. The second kappa shape index (κ2) is 9.66. The summed E-state index contributed by atoms with van der Waals surface area (Å²) in [5, 5.41) is 9.67. The zero-order chi connectivity index (χ0) is 16.1. The minimum atomic E-state index is 0. The molecule has 23 heavy (non-hydrogen) atoms. The highest BCUT2D eigenvalue weighted by Gasteiger charge is 2.38. The number of halogens is 1. The highest BCUT2D eigenvalue weighted by Crippen LogP contribution is 2.33. The summed E-state index contributed by atoms with van der Waals surface area (Å²) in [5.74, 6) is 0.953. The Bertz CT molecular complexity index is 411. The fraction of sp³-hybridized carbons (Fsp3) is 0.875. The molecule has 1 heterocycles. The molecular formula is C16H32IN5O. The highest BCUT2D eigenvalue weighted by atomic mass is 127. The van der Waals surface area contributed by atoms with Crippen LogP contribution in [0.2, 0.25) is 0 Å². The third-order valence-electron chi connectivity index (χ3n) is 4.44. The lowest BCUT2D eigenvalue weighted by Crippen LogP contribution is -2.46. The first-order valence-electron chi connectivity index (χ1n) is 8.52. The van der Waals surface area contributed by atoms with Gasteiger partial charge in [-0.1, -0.05) is 13.8 Å². The molecule has 6 nitrogen and oxygen atoms in total. The van der Waals surface area contributed by atoms with E-state index in [1.165, 1.54) is 19.3 Å². The van der Waals surface area contributed by atoms with Gasteiger partial charge in [0.05, 0.1) is 0 Å². The van der Waals surface area contributed by atoms with Crippen LogP contribution in [0.25, 0.3) is 0 Å².